The number of benzene rings is 1. The molecule has 0 saturated carbocycles. The summed E-state index contributed by atoms with van der Waals surface area (Å²) in [5.74, 6) is -1.19. The number of nitrogens with one attached hydrogen (secondary N) is 1. The maximum atomic E-state index is 11.4. The predicted octanol–water partition coefficient (Wildman–Crippen LogP) is 1.10. The van der Waals surface area contributed by atoms with Gasteiger partial charge in [0.25, 0.3) is 0 Å². The van der Waals surface area contributed by atoms with Gasteiger partial charge in [0.1, 0.15) is 0 Å². The Morgan fingerprint density at radius 1 is 1.29 bits per heavy atom. The average Bonchev–Trinajstić information content (AvgIpc) is 2.39. The van der Waals surface area contributed by atoms with Crippen LogP contribution in [0.2, 0.25) is 0 Å². The summed E-state index contributed by atoms with van der Waals surface area (Å²) in [7, 11) is 0. The first kappa shape index (κ1) is 12.1. The molecular weight excluding hydrogens is 218 g/mol. The smallest absolute Gasteiger partial charge is 0.342 e. The first-order valence-corrected chi connectivity index (χ1v) is 5.90. The second-order valence-electron chi connectivity index (χ2n) is 4.44. The summed E-state index contributed by atoms with van der Waals surface area (Å²) in [6.45, 7) is 0.757. The highest BCUT2D eigenvalue weighted by Crippen LogP contribution is 2.29. The van der Waals surface area contributed by atoms with Gasteiger partial charge in [0, 0.05) is 0 Å². The van der Waals surface area contributed by atoms with Gasteiger partial charge >= 0.3 is 5.97 Å². The molecule has 0 bridgehead atoms. The molecule has 3 N–H and O–H groups in total. The minimum absolute atomic E-state index is 0.420. The molecule has 1 aliphatic rings. The number of carboxylic acid groups (broad SMARTS) is 1. The molecule has 0 aliphatic carbocycles. The van der Waals surface area contributed by atoms with Crippen LogP contribution < -0.4 is 5.32 Å². The van der Waals surface area contributed by atoms with Crippen molar-refractivity contribution >= 4 is 5.97 Å². The predicted molar refractivity (Wildman–Crippen MR) is 63.6 cm³/mol. The van der Waals surface area contributed by atoms with Crippen molar-refractivity contribution in [3.8, 4) is 0 Å². The van der Waals surface area contributed by atoms with E-state index in [0.29, 0.717) is 12.0 Å². The third-order valence-corrected chi connectivity index (χ3v) is 3.35. The first-order valence-electron chi connectivity index (χ1n) is 5.90. The fraction of sp³-hybridized carbons (Fsp3) is 0.462. The van der Waals surface area contributed by atoms with Gasteiger partial charge in [0.05, 0.1) is 6.04 Å². The van der Waals surface area contributed by atoms with E-state index < -0.39 is 17.6 Å². The summed E-state index contributed by atoms with van der Waals surface area (Å²) in [6.07, 6.45) is 2.65. The van der Waals surface area contributed by atoms with Gasteiger partial charge in [-0.1, -0.05) is 36.8 Å². The Bertz CT molecular complexity index is 387. The Morgan fingerprint density at radius 3 is 2.53 bits per heavy atom. The largest absolute Gasteiger partial charge is 0.479 e. The molecule has 0 radical (unpaired) electrons. The van der Waals surface area contributed by atoms with E-state index >= 15 is 0 Å². The van der Waals surface area contributed by atoms with Gasteiger partial charge < -0.3 is 15.5 Å². The van der Waals surface area contributed by atoms with Gasteiger partial charge in [-0.25, -0.2) is 4.79 Å². The summed E-state index contributed by atoms with van der Waals surface area (Å²) < 4.78 is 0. The lowest BCUT2D eigenvalue weighted by molar-refractivity contribution is -0.164. The van der Waals surface area contributed by atoms with Gasteiger partial charge in [-0.05, 0) is 24.9 Å². The zero-order valence-electron chi connectivity index (χ0n) is 9.60. The monoisotopic (exact) mass is 235 g/mol. The Hall–Kier alpha value is -1.39. The minimum atomic E-state index is -1.83. The summed E-state index contributed by atoms with van der Waals surface area (Å²) in [5.41, 5.74) is -1.39. The number of rotatable bonds is 3. The van der Waals surface area contributed by atoms with Crippen LogP contribution in [0.3, 0.4) is 0 Å². The van der Waals surface area contributed by atoms with Gasteiger partial charge in [-0.15, -0.1) is 0 Å². The molecule has 1 fully saturated rings. The van der Waals surface area contributed by atoms with Crippen LogP contribution in [0.15, 0.2) is 30.3 Å². The number of piperidine rings is 1. The number of hydrogen-bond acceptors (Lipinski definition) is 3. The van der Waals surface area contributed by atoms with E-state index in [1.165, 1.54) is 0 Å². The number of aliphatic hydroxyl groups is 1. The molecule has 1 aromatic rings. The molecule has 2 atom stereocenters. The molecular formula is C13H17NO3. The SMILES string of the molecule is O=C(O)[C@](O)(c1ccccc1)[C@@H]1CCCCN1. The summed E-state index contributed by atoms with van der Waals surface area (Å²) >= 11 is 0. The lowest BCUT2D eigenvalue weighted by Crippen LogP contribution is -2.55. The summed E-state index contributed by atoms with van der Waals surface area (Å²) in [6, 6.07) is 8.18. The van der Waals surface area contributed by atoms with Crippen molar-refractivity contribution in [3.63, 3.8) is 0 Å². The van der Waals surface area contributed by atoms with E-state index in [9.17, 15) is 15.0 Å². The molecule has 0 spiro atoms. The molecule has 4 heteroatoms. The molecule has 17 heavy (non-hydrogen) atoms. The molecule has 1 saturated heterocycles. The van der Waals surface area contributed by atoms with E-state index in [4.69, 9.17) is 0 Å². The molecule has 92 valence electrons. The van der Waals surface area contributed by atoms with Crippen LogP contribution in [-0.2, 0) is 10.4 Å². The van der Waals surface area contributed by atoms with E-state index in [1.54, 1.807) is 30.3 Å². The van der Waals surface area contributed by atoms with E-state index in [-0.39, 0.29) is 0 Å². The zero-order chi connectivity index (χ0) is 12.3. The summed E-state index contributed by atoms with van der Waals surface area (Å²) in [4.78, 5) is 11.4. The highest BCUT2D eigenvalue weighted by molar-refractivity contribution is 5.80. The quantitative estimate of drug-likeness (QED) is 0.734. The second kappa shape index (κ2) is 4.85. The zero-order valence-corrected chi connectivity index (χ0v) is 9.60. The van der Waals surface area contributed by atoms with Crippen molar-refractivity contribution in [3.05, 3.63) is 35.9 Å². The van der Waals surface area contributed by atoms with Crippen molar-refractivity contribution < 1.29 is 15.0 Å². The third kappa shape index (κ3) is 2.18. The second-order valence-corrected chi connectivity index (χ2v) is 4.44. The molecule has 1 aromatic carbocycles. The van der Waals surface area contributed by atoms with E-state index in [1.807, 2.05) is 0 Å². The Labute approximate surface area is 100 Å². The van der Waals surface area contributed by atoms with Crippen molar-refractivity contribution in [2.75, 3.05) is 6.54 Å². The topological polar surface area (TPSA) is 69.6 Å². The van der Waals surface area contributed by atoms with Crippen molar-refractivity contribution in [1.29, 1.82) is 0 Å². The van der Waals surface area contributed by atoms with Crippen LogP contribution in [0.5, 0.6) is 0 Å². The molecule has 0 unspecified atom stereocenters. The Morgan fingerprint density at radius 2 is 2.00 bits per heavy atom. The lowest BCUT2D eigenvalue weighted by atomic mass is 9.82. The molecule has 2 rings (SSSR count). The van der Waals surface area contributed by atoms with E-state index in [2.05, 4.69) is 5.32 Å². The van der Waals surface area contributed by atoms with Crippen molar-refractivity contribution in [2.24, 2.45) is 0 Å². The van der Waals surface area contributed by atoms with Crippen LogP contribution >= 0.6 is 0 Å². The van der Waals surface area contributed by atoms with Crippen LogP contribution in [0.25, 0.3) is 0 Å². The maximum absolute atomic E-state index is 11.4. The number of carboxylic acids is 1. The molecule has 1 heterocycles. The molecule has 0 aromatic heterocycles. The summed E-state index contributed by atoms with van der Waals surface area (Å²) in [5, 5.41) is 23.0. The van der Waals surface area contributed by atoms with Gasteiger partial charge in [0.2, 0.25) is 5.60 Å². The van der Waals surface area contributed by atoms with Crippen molar-refractivity contribution in [1.82, 2.24) is 5.32 Å². The minimum Gasteiger partial charge on any atom is -0.479 e. The first-order chi connectivity index (χ1) is 8.15. The molecule has 1 aliphatic heterocycles. The number of carbonyl (C=O) groups is 1. The maximum Gasteiger partial charge on any atom is 0.342 e. The standard InChI is InChI=1S/C13H17NO3/c15-12(16)13(17,10-6-2-1-3-7-10)11-8-4-5-9-14-11/h1-3,6-7,11,14,17H,4-5,8-9H2,(H,15,16)/t11-,13-/m0/s1. The van der Waals surface area contributed by atoms with Gasteiger partial charge in [-0.2, -0.15) is 0 Å². The van der Waals surface area contributed by atoms with Gasteiger partial charge in [-0.3, -0.25) is 0 Å². The van der Waals surface area contributed by atoms with Crippen LogP contribution in [-0.4, -0.2) is 28.8 Å². The Balaban J connectivity index is 2.35. The highest BCUT2D eigenvalue weighted by atomic mass is 16.4. The fourth-order valence-electron chi connectivity index (χ4n) is 2.37. The van der Waals surface area contributed by atoms with E-state index in [0.717, 1.165) is 19.4 Å². The van der Waals surface area contributed by atoms with Crippen LogP contribution in [0.4, 0.5) is 0 Å². The van der Waals surface area contributed by atoms with Gasteiger partial charge in [0.15, 0.2) is 0 Å². The average molecular weight is 235 g/mol. The molecule has 4 nitrogen and oxygen atoms in total. The fourth-order valence-corrected chi connectivity index (χ4v) is 2.37. The third-order valence-electron chi connectivity index (χ3n) is 3.35. The number of aliphatic carboxylic acids is 1. The molecule has 0 amide bonds. The van der Waals surface area contributed by atoms with Crippen molar-refractivity contribution in [2.45, 2.75) is 30.9 Å². The normalized spacial score (nSPS) is 23.9. The number of hydrogen-bond donors (Lipinski definition) is 3. The lowest BCUT2D eigenvalue weighted by Gasteiger charge is -2.36. The van der Waals surface area contributed by atoms with Crippen LogP contribution in [0.1, 0.15) is 24.8 Å². The van der Waals surface area contributed by atoms with Crippen LogP contribution in [0, 0.1) is 0 Å². The highest BCUT2D eigenvalue weighted by Gasteiger charge is 2.45. The Kier molecular flexibility index (Phi) is 3.45.